The molecule has 1 aliphatic heterocycles. The van der Waals surface area contributed by atoms with Crippen LogP contribution in [0.25, 0.3) is 0 Å². The van der Waals surface area contributed by atoms with Gasteiger partial charge in [-0.3, -0.25) is 4.79 Å². The molecule has 1 amide bonds. The number of hydrogen-bond acceptors (Lipinski definition) is 3. The van der Waals surface area contributed by atoms with Gasteiger partial charge in [0.2, 0.25) is 15.9 Å². The van der Waals surface area contributed by atoms with Gasteiger partial charge in [-0.2, -0.15) is 4.31 Å². The Bertz CT molecular complexity index is 625. The summed E-state index contributed by atoms with van der Waals surface area (Å²) >= 11 is 5.45. The number of aryl methyl sites for hydroxylation is 1. The standard InChI is InChI=1S/C14H19ClN2O3S/c1-11-5-6-12(16-14(18)10-15)9-13(11)21(19,20)17-7-3-2-4-8-17/h5-6,9H,2-4,7-8,10H2,1H3,(H,16,18). The van der Waals surface area contributed by atoms with Crippen molar-refractivity contribution in [2.75, 3.05) is 24.3 Å². The van der Waals surface area contributed by atoms with Crippen LogP contribution in [0.2, 0.25) is 0 Å². The second-order valence-electron chi connectivity index (χ2n) is 5.13. The van der Waals surface area contributed by atoms with E-state index in [2.05, 4.69) is 5.32 Å². The average Bonchev–Trinajstić information content (AvgIpc) is 2.49. The maximum atomic E-state index is 12.7. The van der Waals surface area contributed by atoms with Crippen LogP contribution in [-0.4, -0.2) is 37.6 Å². The molecule has 116 valence electrons. The van der Waals surface area contributed by atoms with E-state index in [9.17, 15) is 13.2 Å². The maximum absolute atomic E-state index is 12.7. The van der Waals surface area contributed by atoms with Crippen LogP contribution in [0.15, 0.2) is 23.1 Å². The largest absolute Gasteiger partial charge is 0.325 e. The van der Waals surface area contributed by atoms with Gasteiger partial charge < -0.3 is 5.32 Å². The number of carbonyl (C=O) groups excluding carboxylic acids is 1. The lowest BCUT2D eigenvalue weighted by molar-refractivity contribution is -0.113. The van der Waals surface area contributed by atoms with Crippen LogP contribution in [0.3, 0.4) is 0 Å². The zero-order valence-corrected chi connectivity index (χ0v) is 13.5. The van der Waals surface area contributed by atoms with E-state index >= 15 is 0 Å². The number of halogens is 1. The predicted molar refractivity (Wildman–Crippen MR) is 83.1 cm³/mol. The Labute approximate surface area is 130 Å². The number of hydrogen-bond donors (Lipinski definition) is 1. The van der Waals surface area contributed by atoms with Crippen LogP contribution in [0.1, 0.15) is 24.8 Å². The number of nitrogens with one attached hydrogen (secondary N) is 1. The SMILES string of the molecule is Cc1ccc(NC(=O)CCl)cc1S(=O)(=O)N1CCCCC1. The second kappa shape index (κ2) is 6.77. The molecule has 5 nitrogen and oxygen atoms in total. The normalized spacial score (nSPS) is 16.7. The number of carbonyl (C=O) groups is 1. The first-order valence-corrected chi connectivity index (χ1v) is 8.89. The molecule has 1 aromatic rings. The quantitative estimate of drug-likeness (QED) is 0.862. The van der Waals surface area contributed by atoms with E-state index in [4.69, 9.17) is 11.6 Å². The van der Waals surface area contributed by atoms with Gasteiger partial charge in [0.05, 0.1) is 4.90 Å². The number of sulfonamides is 1. The zero-order valence-electron chi connectivity index (χ0n) is 11.9. The van der Waals surface area contributed by atoms with Crippen molar-refractivity contribution in [3.63, 3.8) is 0 Å². The molecular weight excluding hydrogens is 312 g/mol. The predicted octanol–water partition coefficient (Wildman–Crippen LogP) is 2.35. The van der Waals surface area contributed by atoms with E-state index in [0.29, 0.717) is 24.3 Å². The molecule has 0 radical (unpaired) electrons. The summed E-state index contributed by atoms with van der Waals surface area (Å²) in [4.78, 5) is 11.6. The van der Waals surface area contributed by atoms with E-state index < -0.39 is 10.0 Å². The van der Waals surface area contributed by atoms with Gasteiger partial charge in [0.15, 0.2) is 0 Å². The lowest BCUT2D eigenvalue weighted by Gasteiger charge is -2.26. The highest BCUT2D eigenvalue weighted by Crippen LogP contribution is 2.26. The minimum absolute atomic E-state index is 0.165. The Balaban J connectivity index is 2.33. The molecule has 0 atom stereocenters. The van der Waals surface area contributed by atoms with Crippen molar-refractivity contribution >= 4 is 33.2 Å². The first kappa shape index (κ1) is 16.3. The summed E-state index contributed by atoms with van der Waals surface area (Å²) in [5.74, 6) is -0.524. The van der Waals surface area contributed by atoms with Crippen molar-refractivity contribution in [3.8, 4) is 0 Å². The first-order valence-electron chi connectivity index (χ1n) is 6.92. The fourth-order valence-electron chi connectivity index (χ4n) is 2.39. The summed E-state index contributed by atoms with van der Waals surface area (Å²) in [6, 6.07) is 4.87. The van der Waals surface area contributed by atoms with Crippen molar-refractivity contribution in [1.82, 2.24) is 4.31 Å². The lowest BCUT2D eigenvalue weighted by atomic mass is 10.2. The maximum Gasteiger partial charge on any atom is 0.243 e. The van der Waals surface area contributed by atoms with Gasteiger partial charge in [0.1, 0.15) is 5.88 Å². The molecule has 7 heteroatoms. The van der Waals surface area contributed by atoms with Gasteiger partial charge >= 0.3 is 0 Å². The highest BCUT2D eigenvalue weighted by molar-refractivity contribution is 7.89. The van der Waals surface area contributed by atoms with Gasteiger partial charge in [-0.25, -0.2) is 8.42 Å². The third kappa shape index (κ3) is 3.75. The molecule has 1 aromatic carbocycles. The van der Waals surface area contributed by atoms with Crippen LogP contribution < -0.4 is 5.32 Å². The summed E-state index contributed by atoms with van der Waals surface area (Å²) in [6.45, 7) is 2.87. The van der Waals surface area contributed by atoms with E-state index in [0.717, 1.165) is 19.3 Å². The average molecular weight is 331 g/mol. The highest BCUT2D eigenvalue weighted by Gasteiger charge is 2.27. The minimum Gasteiger partial charge on any atom is -0.325 e. The molecule has 0 aliphatic carbocycles. The first-order chi connectivity index (χ1) is 9.95. The van der Waals surface area contributed by atoms with Crippen LogP contribution in [-0.2, 0) is 14.8 Å². The van der Waals surface area contributed by atoms with E-state index in [1.54, 1.807) is 19.1 Å². The van der Waals surface area contributed by atoms with Crippen molar-refractivity contribution in [2.24, 2.45) is 0 Å². The van der Waals surface area contributed by atoms with Gasteiger partial charge in [-0.15, -0.1) is 11.6 Å². The fourth-order valence-corrected chi connectivity index (χ4v) is 4.23. The number of alkyl halides is 1. The molecule has 1 fully saturated rings. The van der Waals surface area contributed by atoms with Crippen LogP contribution >= 0.6 is 11.6 Å². The third-order valence-corrected chi connectivity index (χ3v) is 5.81. The zero-order chi connectivity index (χ0) is 15.5. The molecule has 0 aromatic heterocycles. The van der Waals surface area contributed by atoms with Crippen molar-refractivity contribution in [2.45, 2.75) is 31.1 Å². The van der Waals surface area contributed by atoms with E-state index in [1.807, 2.05) is 0 Å². The Morgan fingerprint density at radius 1 is 1.29 bits per heavy atom. The fraction of sp³-hybridized carbons (Fsp3) is 0.500. The Hall–Kier alpha value is -1.11. The molecular formula is C14H19ClN2O3S. The van der Waals surface area contributed by atoms with Crippen LogP contribution in [0, 0.1) is 6.92 Å². The minimum atomic E-state index is -3.51. The summed E-state index contributed by atoms with van der Waals surface area (Å²) in [6.07, 6.45) is 2.85. The van der Waals surface area contributed by atoms with Gasteiger partial charge in [-0.1, -0.05) is 12.5 Å². The highest BCUT2D eigenvalue weighted by atomic mass is 35.5. The van der Waals surface area contributed by atoms with Gasteiger partial charge in [-0.05, 0) is 37.5 Å². The van der Waals surface area contributed by atoms with E-state index in [1.165, 1.54) is 10.4 Å². The van der Waals surface area contributed by atoms with Gasteiger partial charge in [0, 0.05) is 18.8 Å². The summed E-state index contributed by atoms with van der Waals surface area (Å²) < 4.78 is 26.9. The van der Waals surface area contributed by atoms with E-state index in [-0.39, 0.29) is 16.7 Å². The lowest BCUT2D eigenvalue weighted by Crippen LogP contribution is -2.36. The molecule has 0 bridgehead atoms. The Morgan fingerprint density at radius 3 is 2.57 bits per heavy atom. The Kier molecular flexibility index (Phi) is 5.24. The molecule has 2 rings (SSSR count). The summed E-state index contributed by atoms with van der Waals surface area (Å²) in [7, 11) is -3.51. The number of rotatable bonds is 4. The molecule has 1 N–H and O–H groups in total. The molecule has 1 heterocycles. The molecule has 0 spiro atoms. The number of anilines is 1. The number of benzene rings is 1. The number of nitrogens with zero attached hydrogens (tertiary/aromatic N) is 1. The monoisotopic (exact) mass is 330 g/mol. The van der Waals surface area contributed by atoms with Crippen molar-refractivity contribution in [1.29, 1.82) is 0 Å². The number of amides is 1. The third-order valence-electron chi connectivity index (χ3n) is 3.53. The van der Waals surface area contributed by atoms with Crippen LogP contribution in [0.4, 0.5) is 5.69 Å². The summed E-state index contributed by atoms with van der Waals surface area (Å²) in [5, 5.41) is 2.58. The Morgan fingerprint density at radius 2 is 1.95 bits per heavy atom. The van der Waals surface area contributed by atoms with Crippen molar-refractivity contribution in [3.05, 3.63) is 23.8 Å². The van der Waals surface area contributed by atoms with Crippen molar-refractivity contribution < 1.29 is 13.2 Å². The smallest absolute Gasteiger partial charge is 0.243 e. The van der Waals surface area contributed by atoms with Gasteiger partial charge in [0.25, 0.3) is 0 Å². The summed E-state index contributed by atoms with van der Waals surface area (Å²) in [5.41, 5.74) is 1.12. The van der Waals surface area contributed by atoms with Crippen LogP contribution in [0.5, 0.6) is 0 Å². The molecule has 21 heavy (non-hydrogen) atoms. The molecule has 0 saturated carbocycles. The molecule has 0 unspecified atom stereocenters. The molecule has 1 aliphatic rings. The topological polar surface area (TPSA) is 66.5 Å². The molecule has 1 saturated heterocycles. The second-order valence-corrected chi connectivity index (χ2v) is 7.30. The number of piperidine rings is 1.